The van der Waals surface area contributed by atoms with Gasteiger partial charge in [-0.3, -0.25) is 9.59 Å². The standard InChI is InChI=1S/C20H17ClF3NO3/c21-15-10-9-14(20(22,23)24)11-16(15)25-18(26)17(12-5-2-1-3-6-12)28-19(27)13-7-4-8-13/h1-3,5-6,9-11,13,17H,4,7-8H2,(H,25,26). The fourth-order valence-electron chi connectivity index (χ4n) is 2.75. The maximum absolute atomic E-state index is 12.9. The molecule has 1 N–H and O–H groups in total. The molecule has 1 aliphatic carbocycles. The molecule has 0 spiro atoms. The maximum Gasteiger partial charge on any atom is 0.416 e. The molecule has 1 aliphatic rings. The molecule has 1 amide bonds. The number of alkyl halides is 3. The molecule has 0 bridgehead atoms. The number of carbonyl (C=O) groups is 2. The van der Waals surface area contributed by atoms with Crippen molar-refractivity contribution in [2.24, 2.45) is 5.92 Å². The molecule has 1 unspecified atom stereocenters. The van der Waals surface area contributed by atoms with Gasteiger partial charge in [0, 0.05) is 5.56 Å². The van der Waals surface area contributed by atoms with Crippen LogP contribution in [0.2, 0.25) is 5.02 Å². The van der Waals surface area contributed by atoms with Crippen LogP contribution < -0.4 is 5.32 Å². The first kappa shape index (κ1) is 20.2. The van der Waals surface area contributed by atoms with Crippen molar-refractivity contribution in [3.8, 4) is 0 Å². The number of hydrogen-bond acceptors (Lipinski definition) is 3. The summed E-state index contributed by atoms with van der Waals surface area (Å²) >= 11 is 5.94. The fraction of sp³-hybridized carbons (Fsp3) is 0.300. The minimum atomic E-state index is -4.58. The molecular weight excluding hydrogens is 395 g/mol. The van der Waals surface area contributed by atoms with Gasteiger partial charge in [-0.25, -0.2) is 0 Å². The highest BCUT2D eigenvalue weighted by Gasteiger charge is 2.34. The zero-order chi connectivity index (χ0) is 20.3. The molecule has 0 radical (unpaired) electrons. The van der Waals surface area contributed by atoms with Crippen LogP contribution in [0.3, 0.4) is 0 Å². The van der Waals surface area contributed by atoms with Crippen LogP contribution >= 0.6 is 11.6 Å². The molecule has 148 valence electrons. The normalized spacial score (nSPS) is 15.4. The van der Waals surface area contributed by atoms with Gasteiger partial charge in [-0.2, -0.15) is 13.2 Å². The number of hydrogen-bond donors (Lipinski definition) is 1. The van der Waals surface area contributed by atoms with Crippen molar-refractivity contribution in [3.05, 3.63) is 64.7 Å². The molecule has 1 saturated carbocycles. The number of anilines is 1. The lowest BCUT2D eigenvalue weighted by Gasteiger charge is -2.26. The second-order valence-electron chi connectivity index (χ2n) is 6.54. The van der Waals surface area contributed by atoms with E-state index in [1.165, 1.54) is 0 Å². The summed E-state index contributed by atoms with van der Waals surface area (Å²) in [5.74, 6) is -1.53. The first-order valence-corrected chi connectivity index (χ1v) is 9.06. The first-order valence-electron chi connectivity index (χ1n) is 8.69. The van der Waals surface area contributed by atoms with Gasteiger partial charge in [0.05, 0.1) is 22.2 Å². The highest BCUT2D eigenvalue weighted by Crippen LogP contribution is 2.35. The number of amides is 1. The Morgan fingerprint density at radius 2 is 1.79 bits per heavy atom. The Balaban J connectivity index is 1.84. The SMILES string of the molecule is O=C(OC(C(=O)Nc1cc(C(F)(F)F)ccc1Cl)c1ccccc1)C1CCC1. The van der Waals surface area contributed by atoms with E-state index in [-0.39, 0.29) is 16.6 Å². The van der Waals surface area contributed by atoms with E-state index in [9.17, 15) is 22.8 Å². The van der Waals surface area contributed by atoms with Crippen LogP contribution in [0.25, 0.3) is 0 Å². The third-order valence-corrected chi connectivity index (χ3v) is 4.89. The van der Waals surface area contributed by atoms with Crippen molar-refractivity contribution in [1.82, 2.24) is 0 Å². The van der Waals surface area contributed by atoms with Crippen molar-refractivity contribution in [2.45, 2.75) is 31.5 Å². The largest absolute Gasteiger partial charge is 0.447 e. The van der Waals surface area contributed by atoms with Crippen LogP contribution in [0.15, 0.2) is 48.5 Å². The highest BCUT2D eigenvalue weighted by molar-refractivity contribution is 6.33. The van der Waals surface area contributed by atoms with Crippen molar-refractivity contribution >= 4 is 29.2 Å². The average molecular weight is 412 g/mol. The molecule has 8 heteroatoms. The Kier molecular flexibility index (Phi) is 5.93. The lowest BCUT2D eigenvalue weighted by Crippen LogP contribution is -2.31. The second kappa shape index (κ2) is 8.22. The number of rotatable bonds is 5. The van der Waals surface area contributed by atoms with Crippen molar-refractivity contribution in [1.29, 1.82) is 0 Å². The van der Waals surface area contributed by atoms with Crippen LogP contribution in [0.1, 0.15) is 36.5 Å². The van der Waals surface area contributed by atoms with Gasteiger partial charge in [-0.05, 0) is 31.0 Å². The average Bonchev–Trinajstić information content (AvgIpc) is 2.59. The van der Waals surface area contributed by atoms with Gasteiger partial charge in [-0.1, -0.05) is 48.4 Å². The van der Waals surface area contributed by atoms with Gasteiger partial charge >= 0.3 is 12.1 Å². The lowest BCUT2D eigenvalue weighted by atomic mass is 9.85. The van der Waals surface area contributed by atoms with Gasteiger partial charge in [0.25, 0.3) is 5.91 Å². The molecule has 0 aromatic heterocycles. The van der Waals surface area contributed by atoms with E-state index in [1.807, 2.05) is 0 Å². The van der Waals surface area contributed by atoms with E-state index in [4.69, 9.17) is 16.3 Å². The van der Waals surface area contributed by atoms with E-state index in [2.05, 4.69) is 5.32 Å². The van der Waals surface area contributed by atoms with Crippen LogP contribution in [0.5, 0.6) is 0 Å². The Morgan fingerprint density at radius 3 is 2.36 bits per heavy atom. The summed E-state index contributed by atoms with van der Waals surface area (Å²) in [6.07, 6.45) is -3.57. The molecule has 1 fully saturated rings. The van der Waals surface area contributed by atoms with Crippen molar-refractivity contribution in [2.75, 3.05) is 5.32 Å². The Hall–Kier alpha value is -2.54. The Labute approximate surface area is 164 Å². The number of halogens is 4. The number of ether oxygens (including phenoxy) is 1. The van der Waals surface area contributed by atoms with Gasteiger partial charge in [-0.15, -0.1) is 0 Å². The molecule has 4 nitrogen and oxygen atoms in total. The predicted molar refractivity (Wildman–Crippen MR) is 97.7 cm³/mol. The molecule has 3 rings (SSSR count). The van der Waals surface area contributed by atoms with Crippen LogP contribution in [-0.2, 0) is 20.5 Å². The van der Waals surface area contributed by atoms with Crippen molar-refractivity contribution < 1.29 is 27.5 Å². The molecule has 1 atom stereocenters. The smallest absolute Gasteiger partial charge is 0.416 e. The van der Waals surface area contributed by atoms with Crippen LogP contribution in [0, 0.1) is 5.92 Å². The number of esters is 1. The molecule has 28 heavy (non-hydrogen) atoms. The van der Waals surface area contributed by atoms with Gasteiger partial charge in [0.2, 0.25) is 6.10 Å². The lowest BCUT2D eigenvalue weighted by molar-refractivity contribution is -0.161. The monoisotopic (exact) mass is 411 g/mol. The summed E-state index contributed by atoms with van der Waals surface area (Å²) in [5.41, 5.74) is -0.743. The van der Waals surface area contributed by atoms with Gasteiger partial charge in [0.15, 0.2) is 0 Å². The van der Waals surface area contributed by atoms with Crippen molar-refractivity contribution in [3.63, 3.8) is 0 Å². The first-order chi connectivity index (χ1) is 13.3. The summed E-state index contributed by atoms with van der Waals surface area (Å²) < 4.78 is 44.2. The van der Waals surface area contributed by atoms with Gasteiger partial charge < -0.3 is 10.1 Å². The predicted octanol–water partition coefficient (Wildman–Crippen LogP) is 5.38. The number of nitrogens with one attached hydrogen (secondary N) is 1. The molecule has 2 aromatic carbocycles. The molecule has 0 saturated heterocycles. The summed E-state index contributed by atoms with van der Waals surface area (Å²) in [5, 5.41) is 2.30. The quantitative estimate of drug-likeness (QED) is 0.672. The highest BCUT2D eigenvalue weighted by atomic mass is 35.5. The van der Waals surface area contributed by atoms with E-state index in [0.29, 0.717) is 18.4 Å². The van der Waals surface area contributed by atoms with Crippen LogP contribution in [-0.4, -0.2) is 11.9 Å². The summed E-state index contributed by atoms with van der Waals surface area (Å²) in [4.78, 5) is 25.0. The third kappa shape index (κ3) is 4.65. The third-order valence-electron chi connectivity index (χ3n) is 4.56. The number of benzene rings is 2. The zero-order valence-electron chi connectivity index (χ0n) is 14.6. The fourth-order valence-corrected chi connectivity index (χ4v) is 2.92. The van der Waals surface area contributed by atoms with Gasteiger partial charge in [0.1, 0.15) is 0 Å². The summed E-state index contributed by atoms with van der Waals surface area (Å²) in [7, 11) is 0. The minimum absolute atomic E-state index is 0.0570. The molecular formula is C20H17ClF3NO3. The molecule has 0 heterocycles. The Bertz CT molecular complexity index is 867. The topological polar surface area (TPSA) is 55.4 Å². The second-order valence-corrected chi connectivity index (χ2v) is 6.94. The van der Waals surface area contributed by atoms with Crippen LogP contribution in [0.4, 0.5) is 18.9 Å². The minimum Gasteiger partial charge on any atom is -0.447 e. The zero-order valence-corrected chi connectivity index (χ0v) is 15.4. The Morgan fingerprint density at radius 1 is 1.11 bits per heavy atom. The van der Waals surface area contributed by atoms with E-state index in [0.717, 1.165) is 24.6 Å². The summed E-state index contributed by atoms with van der Waals surface area (Å²) in [6.45, 7) is 0. The van der Waals surface area contributed by atoms with E-state index < -0.39 is 29.7 Å². The van der Waals surface area contributed by atoms with E-state index >= 15 is 0 Å². The summed E-state index contributed by atoms with van der Waals surface area (Å²) in [6, 6.07) is 10.9. The number of carbonyl (C=O) groups excluding carboxylic acids is 2. The van der Waals surface area contributed by atoms with E-state index in [1.54, 1.807) is 30.3 Å². The molecule has 2 aromatic rings. The molecule has 0 aliphatic heterocycles. The maximum atomic E-state index is 12.9.